The SMILES string of the molecule is O=Nc1ccc(Cl)cc1C(c1nc2ccccc2[nH]1)N1Cc2ccc(C3=CCNCC3)cc2C1=O. The average molecular weight is 484 g/mol. The first kappa shape index (κ1) is 21.7. The number of halogens is 1. The van der Waals surface area contributed by atoms with Crippen LogP contribution in [0, 0.1) is 4.91 Å². The number of hydrogen-bond donors (Lipinski definition) is 2. The Hall–Kier alpha value is -3.81. The number of carbonyl (C=O) groups excluding carboxylic acids is 1. The maximum atomic E-state index is 13.8. The van der Waals surface area contributed by atoms with Crippen LogP contribution in [0.15, 0.2) is 71.9 Å². The molecule has 2 N–H and O–H groups in total. The number of aromatic nitrogens is 2. The predicted molar refractivity (Wildman–Crippen MR) is 137 cm³/mol. The van der Waals surface area contributed by atoms with Gasteiger partial charge in [0.05, 0.1) is 11.0 Å². The Morgan fingerprint density at radius 1 is 1.09 bits per heavy atom. The summed E-state index contributed by atoms with van der Waals surface area (Å²) in [6.07, 6.45) is 3.10. The third kappa shape index (κ3) is 3.83. The van der Waals surface area contributed by atoms with Gasteiger partial charge in [0, 0.05) is 29.2 Å². The Labute approximate surface area is 206 Å². The van der Waals surface area contributed by atoms with Gasteiger partial charge in [-0.15, -0.1) is 4.91 Å². The number of H-pyrrole nitrogens is 1. The van der Waals surface area contributed by atoms with Crippen molar-refractivity contribution < 1.29 is 4.79 Å². The molecule has 35 heavy (non-hydrogen) atoms. The van der Waals surface area contributed by atoms with Gasteiger partial charge in [-0.1, -0.05) is 41.9 Å². The van der Waals surface area contributed by atoms with Crippen LogP contribution < -0.4 is 5.32 Å². The van der Waals surface area contributed by atoms with E-state index < -0.39 is 6.04 Å². The van der Waals surface area contributed by atoms with Gasteiger partial charge >= 0.3 is 0 Å². The van der Waals surface area contributed by atoms with E-state index in [9.17, 15) is 9.70 Å². The van der Waals surface area contributed by atoms with Gasteiger partial charge in [0.25, 0.3) is 5.91 Å². The lowest BCUT2D eigenvalue weighted by Gasteiger charge is -2.27. The van der Waals surface area contributed by atoms with Gasteiger partial charge in [-0.25, -0.2) is 4.98 Å². The largest absolute Gasteiger partial charge is 0.340 e. The number of para-hydroxylation sites is 2. The molecule has 6 rings (SSSR count). The highest BCUT2D eigenvalue weighted by Gasteiger charge is 2.37. The molecule has 8 heteroatoms. The molecule has 2 aliphatic heterocycles. The smallest absolute Gasteiger partial charge is 0.255 e. The van der Waals surface area contributed by atoms with Crippen molar-refractivity contribution in [1.82, 2.24) is 20.2 Å². The van der Waals surface area contributed by atoms with Crippen molar-refractivity contribution >= 4 is 39.8 Å². The first-order valence-corrected chi connectivity index (χ1v) is 11.9. The second-order valence-electron chi connectivity index (χ2n) is 8.82. The first-order chi connectivity index (χ1) is 17.1. The molecule has 7 nitrogen and oxygen atoms in total. The highest BCUT2D eigenvalue weighted by molar-refractivity contribution is 6.30. The highest BCUT2D eigenvalue weighted by atomic mass is 35.5. The third-order valence-electron chi connectivity index (χ3n) is 6.74. The number of nitrogens with one attached hydrogen (secondary N) is 2. The Kier molecular flexibility index (Phi) is 5.43. The molecule has 2 aliphatic rings. The Morgan fingerprint density at radius 2 is 1.97 bits per heavy atom. The molecule has 1 unspecified atom stereocenters. The fourth-order valence-electron chi connectivity index (χ4n) is 5.01. The van der Waals surface area contributed by atoms with Crippen molar-refractivity contribution in [2.24, 2.45) is 5.18 Å². The number of aromatic amines is 1. The summed E-state index contributed by atoms with van der Waals surface area (Å²) in [5.74, 6) is 0.444. The van der Waals surface area contributed by atoms with Crippen molar-refractivity contribution in [2.45, 2.75) is 19.0 Å². The minimum absolute atomic E-state index is 0.112. The lowest BCUT2D eigenvalue weighted by molar-refractivity contribution is 0.0726. The number of nitroso groups, excluding NO2 is 1. The summed E-state index contributed by atoms with van der Waals surface area (Å²) in [6.45, 7) is 2.14. The Balaban J connectivity index is 1.47. The van der Waals surface area contributed by atoms with Crippen LogP contribution in [0.1, 0.15) is 45.3 Å². The van der Waals surface area contributed by atoms with Crippen LogP contribution in [0.3, 0.4) is 0 Å². The van der Waals surface area contributed by atoms with E-state index in [0.29, 0.717) is 28.5 Å². The number of fused-ring (bicyclic) bond motifs is 2. The number of carbonyl (C=O) groups is 1. The first-order valence-electron chi connectivity index (χ1n) is 11.5. The van der Waals surface area contributed by atoms with E-state index in [1.807, 2.05) is 36.4 Å². The molecule has 174 valence electrons. The zero-order valence-electron chi connectivity index (χ0n) is 18.8. The molecule has 0 bridgehead atoms. The normalized spacial score (nSPS) is 16.3. The quantitative estimate of drug-likeness (QED) is 0.354. The molecule has 0 fully saturated rings. The van der Waals surface area contributed by atoms with Gasteiger partial charge < -0.3 is 15.2 Å². The van der Waals surface area contributed by atoms with Crippen molar-refractivity contribution in [1.29, 1.82) is 0 Å². The van der Waals surface area contributed by atoms with Crippen molar-refractivity contribution in [2.75, 3.05) is 13.1 Å². The molecular weight excluding hydrogens is 462 g/mol. The standard InChI is InChI=1S/C27H22ClN5O2/c28-19-7-8-22(32-35)21(14-19)25(26-30-23-3-1-2-4-24(23)31-26)33-15-18-6-5-17(13-20(18)27(33)34)16-9-11-29-12-10-16/h1-9,13-14,25,29H,10-12,15H2,(H,30,31). The van der Waals surface area contributed by atoms with Crippen molar-refractivity contribution in [3.63, 3.8) is 0 Å². The fourth-order valence-corrected chi connectivity index (χ4v) is 5.19. The molecule has 0 saturated carbocycles. The number of imidazole rings is 1. The summed E-state index contributed by atoms with van der Waals surface area (Å²) in [6, 6.07) is 18.0. The molecule has 4 aromatic rings. The molecule has 3 heterocycles. The van der Waals surface area contributed by atoms with Crippen LogP contribution in [0.4, 0.5) is 5.69 Å². The summed E-state index contributed by atoms with van der Waals surface area (Å²) < 4.78 is 0. The molecule has 1 amide bonds. The minimum Gasteiger partial charge on any atom is -0.340 e. The zero-order chi connectivity index (χ0) is 23.9. The second kappa shape index (κ2) is 8.76. The molecule has 0 spiro atoms. The van der Waals surface area contributed by atoms with Crippen LogP contribution in [0.25, 0.3) is 16.6 Å². The van der Waals surface area contributed by atoms with Gasteiger partial charge in [0.2, 0.25) is 0 Å². The van der Waals surface area contributed by atoms with Crippen molar-refractivity contribution in [3.05, 3.63) is 105 Å². The summed E-state index contributed by atoms with van der Waals surface area (Å²) in [4.78, 5) is 35.4. The van der Waals surface area contributed by atoms with E-state index >= 15 is 0 Å². The number of benzene rings is 3. The summed E-state index contributed by atoms with van der Waals surface area (Å²) in [5.41, 5.74) is 6.31. The van der Waals surface area contributed by atoms with Gasteiger partial charge in [0.1, 0.15) is 17.6 Å². The lowest BCUT2D eigenvalue weighted by Crippen LogP contribution is -2.31. The zero-order valence-corrected chi connectivity index (χ0v) is 19.5. The number of hydrogen-bond acceptors (Lipinski definition) is 5. The number of amides is 1. The van der Waals surface area contributed by atoms with Gasteiger partial charge in [-0.3, -0.25) is 4.79 Å². The third-order valence-corrected chi connectivity index (χ3v) is 6.97. The maximum Gasteiger partial charge on any atom is 0.255 e. The average Bonchev–Trinajstić information content (AvgIpc) is 3.46. The van der Waals surface area contributed by atoms with Crippen LogP contribution in [0.2, 0.25) is 5.02 Å². The molecule has 0 saturated heterocycles. The molecule has 1 atom stereocenters. The molecule has 0 aliphatic carbocycles. The van der Waals surface area contributed by atoms with Gasteiger partial charge in [0.15, 0.2) is 0 Å². The Morgan fingerprint density at radius 3 is 2.77 bits per heavy atom. The summed E-state index contributed by atoms with van der Waals surface area (Å²) in [5, 5.41) is 7.01. The molecule has 3 aromatic carbocycles. The van der Waals surface area contributed by atoms with Crippen LogP contribution in [0.5, 0.6) is 0 Å². The van der Waals surface area contributed by atoms with E-state index in [0.717, 1.165) is 41.7 Å². The highest BCUT2D eigenvalue weighted by Crippen LogP contribution is 2.40. The van der Waals surface area contributed by atoms with E-state index in [1.54, 1.807) is 23.1 Å². The molecule has 1 aromatic heterocycles. The van der Waals surface area contributed by atoms with E-state index in [4.69, 9.17) is 16.6 Å². The van der Waals surface area contributed by atoms with E-state index in [2.05, 4.69) is 27.6 Å². The van der Waals surface area contributed by atoms with Crippen LogP contribution in [-0.4, -0.2) is 33.9 Å². The molecular formula is C27H22ClN5O2. The summed E-state index contributed by atoms with van der Waals surface area (Å²) in [7, 11) is 0. The topological polar surface area (TPSA) is 90.4 Å². The number of rotatable bonds is 5. The van der Waals surface area contributed by atoms with Gasteiger partial charge in [-0.05, 0) is 71.2 Å². The number of nitrogens with zero attached hydrogens (tertiary/aromatic N) is 3. The van der Waals surface area contributed by atoms with Crippen molar-refractivity contribution in [3.8, 4) is 0 Å². The lowest BCUT2D eigenvalue weighted by atomic mass is 9.97. The Bertz CT molecular complexity index is 1480. The predicted octanol–water partition coefficient (Wildman–Crippen LogP) is 5.74. The van der Waals surface area contributed by atoms with E-state index in [1.165, 1.54) is 5.57 Å². The maximum absolute atomic E-state index is 13.8. The van der Waals surface area contributed by atoms with E-state index in [-0.39, 0.29) is 11.6 Å². The van der Waals surface area contributed by atoms with Crippen LogP contribution >= 0.6 is 11.6 Å². The van der Waals surface area contributed by atoms with Gasteiger partial charge in [-0.2, -0.15) is 0 Å². The monoisotopic (exact) mass is 483 g/mol. The fraction of sp³-hybridized carbons (Fsp3) is 0.185. The summed E-state index contributed by atoms with van der Waals surface area (Å²) >= 11 is 6.33. The minimum atomic E-state index is -0.657. The van der Waals surface area contributed by atoms with Crippen LogP contribution in [-0.2, 0) is 6.54 Å². The molecule has 0 radical (unpaired) electrons. The second-order valence-corrected chi connectivity index (χ2v) is 9.26.